The Morgan fingerprint density at radius 2 is 1.76 bits per heavy atom. The lowest BCUT2D eigenvalue weighted by Crippen LogP contribution is -2.13. The number of para-hydroxylation sites is 1. The molecule has 0 aliphatic heterocycles. The summed E-state index contributed by atoms with van der Waals surface area (Å²) in [6.07, 6.45) is 0. The molecule has 1 N–H and O–H groups in total. The molecule has 0 saturated carbocycles. The van der Waals surface area contributed by atoms with Gasteiger partial charge in [0.2, 0.25) is 0 Å². The number of amides is 1. The van der Waals surface area contributed by atoms with Gasteiger partial charge < -0.3 is 5.32 Å². The Morgan fingerprint density at radius 1 is 1.03 bits per heavy atom. The minimum absolute atomic E-state index is 0.230. The highest BCUT2D eigenvalue weighted by Gasteiger charge is 2.18. The molecule has 1 amide bonds. The van der Waals surface area contributed by atoms with Crippen LogP contribution in [0, 0.1) is 0 Å². The van der Waals surface area contributed by atoms with E-state index in [1.165, 1.54) is 16.9 Å². The molecule has 0 unspecified atom stereocenters. The highest BCUT2D eigenvalue weighted by molar-refractivity contribution is 7.21. The van der Waals surface area contributed by atoms with E-state index in [2.05, 4.69) is 24.1 Å². The van der Waals surface area contributed by atoms with Crippen molar-refractivity contribution >= 4 is 56.3 Å². The summed E-state index contributed by atoms with van der Waals surface area (Å²) >= 11 is 14.2. The van der Waals surface area contributed by atoms with Gasteiger partial charge in [-0.05, 0) is 47.9 Å². The summed E-state index contributed by atoms with van der Waals surface area (Å²) in [5, 5.41) is 4.57. The van der Waals surface area contributed by atoms with Gasteiger partial charge in [0.15, 0.2) is 0 Å². The van der Waals surface area contributed by atoms with Gasteiger partial charge in [-0.25, -0.2) is 4.98 Å². The molecular formula is C23H18Cl2N2OS. The summed E-state index contributed by atoms with van der Waals surface area (Å²) in [6, 6.07) is 18.9. The topological polar surface area (TPSA) is 42.0 Å². The molecular weight excluding hydrogens is 423 g/mol. The van der Waals surface area contributed by atoms with Gasteiger partial charge >= 0.3 is 0 Å². The van der Waals surface area contributed by atoms with Crippen molar-refractivity contribution in [2.75, 3.05) is 5.32 Å². The van der Waals surface area contributed by atoms with Crippen LogP contribution in [0.3, 0.4) is 0 Å². The molecule has 1 heterocycles. The Kier molecular flexibility index (Phi) is 5.59. The van der Waals surface area contributed by atoms with E-state index in [-0.39, 0.29) is 5.91 Å². The second kappa shape index (κ2) is 8.15. The van der Waals surface area contributed by atoms with Crippen LogP contribution in [-0.2, 0) is 0 Å². The van der Waals surface area contributed by atoms with Crippen LogP contribution >= 0.6 is 34.5 Å². The van der Waals surface area contributed by atoms with Crippen molar-refractivity contribution in [3.05, 3.63) is 81.8 Å². The maximum atomic E-state index is 12.9. The Morgan fingerprint density at radius 3 is 2.45 bits per heavy atom. The van der Waals surface area contributed by atoms with E-state index < -0.39 is 0 Å². The molecule has 0 saturated heterocycles. The average molecular weight is 441 g/mol. The van der Waals surface area contributed by atoms with E-state index in [4.69, 9.17) is 23.2 Å². The molecule has 0 atom stereocenters. The highest BCUT2D eigenvalue weighted by Crippen LogP contribution is 2.40. The van der Waals surface area contributed by atoms with Crippen LogP contribution in [-0.4, -0.2) is 10.9 Å². The van der Waals surface area contributed by atoms with Crippen LogP contribution in [0.15, 0.2) is 60.7 Å². The third-order valence-corrected chi connectivity index (χ3v) is 6.24. The normalized spacial score (nSPS) is 11.2. The number of anilines is 1. The zero-order valence-corrected chi connectivity index (χ0v) is 18.2. The lowest BCUT2D eigenvalue weighted by Gasteiger charge is -2.13. The number of rotatable bonds is 4. The van der Waals surface area contributed by atoms with Gasteiger partial charge in [0.05, 0.1) is 20.9 Å². The predicted molar refractivity (Wildman–Crippen MR) is 124 cm³/mol. The molecule has 0 aliphatic carbocycles. The lowest BCUT2D eigenvalue weighted by atomic mass is 10.0. The summed E-state index contributed by atoms with van der Waals surface area (Å²) in [4.78, 5) is 17.6. The van der Waals surface area contributed by atoms with Gasteiger partial charge in [-0.3, -0.25) is 4.79 Å². The van der Waals surface area contributed by atoms with Crippen LogP contribution in [0.25, 0.3) is 20.8 Å². The maximum Gasteiger partial charge on any atom is 0.255 e. The summed E-state index contributed by atoms with van der Waals surface area (Å²) in [5.74, 6) is 0.176. The number of hydrogen-bond donors (Lipinski definition) is 1. The van der Waals surface area contributed by atoms with Crippen molar-refractivity contribution in [3.63, 3.8) is 0 Å². The molecule has 0 aliphatic rings. The Balaban J connectivity index is 1.72. The van der Waals surface area contributed by atoms with Crippen molar-refractivity contribution in [2.24, 2.45) is 0 Å². The fourth-order valence-corrected chi connectivity index (χ4v) is 4.59. The number of halogens is 2. The third kappa shape index (κ3) is 4.15. The lowest BCUT2D eigenvalue weighted by molar-refractivity contribution is 0.102. The summed E-state index contributed by atoms with van der Waals surface area (Å²) in [7, 11) is 0. The van der Waals surface area contributed by atoms with E-state index in [1.807, 2.05) is 48.5 Å². The van der Waals surface area contributed by atoms with Crippen molar-refractivity contribution in [1.82, 2.24) is 4.98 Å². The smallest absolute Gasteiger partial charge is 0.255 e. The zero-order valence-electron chi connectivity index (χ0n) is 15.9. The monoisotopic (exact) mass is 440 g/mol. The second-order valence-corrected chi connectivity index (χ2v) is 8.90. The number of carbonyl (C=O) groups excluding carboxylic acids is 1. The molecule has 4 aromatic rings. The van der Waals surface area contributed by atoms with Crippen LogP contribution in [0.4, 0.5) is 5.69 Å². The standard InChI is InChI=1S/C23H18Cl2N2OS/c1-13(2)14-7-9-15(10-8-14)22(28)27-21-17(11-16(24)12-18(21)25)23-26-19-5-3-4-6-20(19)29-23/h3-13H,1-2H3,(H,27,28). The summed E-state index contributed by atoms with van der Waals surface area (Å²) < 4.78 is 1.06. The number of hydrogen-bond acceptors (Lipinski definition) is 3. The van der Waals surface area contributed by atoms with Crippen molar-refractivity contribution in [1.29, 1.82) is 0 Å². The minimum atomic E-state index is -0.230. The maximum absolute atomic E-state index is 12.9. The molecule has 0 radical (unpaired) electrons. The number of benzene rings is 3. The number of carbonyl (C=O) groups is 1. The van der Waals surface area contributed by atoms with E-state index >= 15 is 0 Å². The first-order chi connectivity index (χ1) is 13.9. The molecule has 146 valence electrons. The Hall–Kier alpha value is -2.40. The molecule has 3 aromatic carbocycles. The summed E-state index contributed by atoms with van der Waals surface area (Å²) in [6.45, 7) is 4.24. The fraction of sp³-hybridized carbons (Fsp3) is 0.130. The van der Waals surface area contributed by atoms with E-state index in [1.54, 1.807) is 12.1 Å². The highest BCUT2D eigenvalue weighted by atomic mass is 35.5. The molecule has 3 nitrogen and oxygen atoms in total. The quantitative estimate of drug-likeness (QED) is 0.354. The van der Waals surface area contributed by atoms with Crippen molar-refractivity contribution in [2.45, 2.75) is 19.8 Å². The van der Waals surface area contributed by atoms with Gasteiger partial charge in [0.25, 0.3) is 5.91 Å². The number of nitrogens with zero attached hydrogens (tertiary/aromatic N) is 1. The van der Waals surface area contributed by atoms with Gasteiger partial charge in [-0.2, -0.15) is 0 Å². The van der Waals surface area contributed by atoms with Crippen LogP contribution in [0.2, 0.25) is 10.0 Å². The van der Waals surface area contributed by atoms with Crippen molar-refractivity contribution < 1.29 is 4.79 Å². The molecule has 0 fully saturated rings. The molecule has 4 rings (SSSR count). The largest absolute Gasteiger partial charge is 0.320 e. The van der Waals surface area contributed by atoms with Crippen LogP contribution in [0.5, 0.6) is 0 Å². The second-order valence-electron chi connectivity index (χ2n) is 7.03. The number of aromatic nitrogens is 1. The first-order valence-corrected chi connectivity index (χ1v) is 10.8. The Labute approximate surface area is 183 Å². The molecule has 1 aromatic heterocycles. The van der Waals surface area contributed by atoms with Gasteiger partial charge in [-0.1, -0.05) is 61.3 Å². The molecule has 0 bridgehead atoms. The van der Waals surface area contributed by atoms with Crippen LogP contribution in [0.1, 0.15) is 35.7 Å². The first-order valence-electron chi connectivity index (χ1n) is 9.18. The number of thiazole rings is 1. The van der Waals surface area contributed by atoms with Crippen molar-refractivity contribution in [3.8, 4) is 10.6 Å². The Bertz CT molecular complexity index is 1170. The van der Waals surface area contributed by atoms with E-state index in [9.17, 15) is 4.79 Å². The predicted octanol–water partition coefficient (Wildman–Crippen LogP) is 7.65. The molecule has 29 heavy (non-hydrogen) atoms. The third-order valence-electron chi connectivity index (χ3n) is 4.66. The van der Waals surface area contributed by atoms with Gasteiger partial charge in [0.1, 0.15) is 5.01 Å². The zero-order chi connectivity index (χ0) is 20.5. The first kappa shape index (κ1) is 19.9. The SMILES string of the molecule is CC(C)c1ccc(C(=O)Nc2c(Cl)cc(Cl)cc2-c2nc3ccccc3s2)cc1. The molecule has 0 spiro atoms. The van der Waals surface area contributed by atoms with E-state index in [0.29, 0.717) is 32.8 Å². The number of fused-ring (bicyclic) bond motifs is 1. The van der Waals surface area contributed by atoms with Crippen LogP contribution < -0.4 is 5.32 Å². The fourth-order valence-electron chi connectivity index (χ4n) is 3.06. The number of nitrogens with one attached hydrogen (secondary N) is 1. The van der Waals surface area contributed by atoms with Gasteiger partial charge in [0, 0.05) is 16.1 Å². The molecule has 6 heteroatoms. The van der Waals surface area contributed by atoms with Gasteiger partial charge in [-0.15, -0.1) is 11.3 Å². The average Bonchev–Trinajstić information content (AvgIpc) is 3.13. The minimum Gasteiger partial charge on any atom is -0.320 e. The summed E-state index contributed by atoms with van der Waals surface area (Å²) in [5.41, 5.74) is 3.85. The van der Waals surface area contributed by atoms with E-state index in [0.717, 1.165) is 15.2 Å².